The Kier molecular flexibility index (Phi) is 7.57. The molecule has 150 valence electrons. The number of allylic oxidation sites excluding steroid dienone is 2. The lowest BCUT2D eigenvalue weighted by Crippen LogP contribution is -2.29. The maximum Gasteiger partial charge on any atom is 0.407 e. The summed E-state index contributed by atoms with van der Waals surface area (Å²) < 4.78 is 0. The minimum Gasteiger partial charge on any atom is -0.507 e. The average molecular weight is 376 g/mol. The first-order chi connectivity index (χ1) is 12.9. The maximum atomic E-state index is 11.5. The van der Waals surface area contributed by atoms with Crippen LogP contribution in [0.3, 0.4) is 0 Å². The van der Waals surface area contributed by atoms with Gasteiger partial charge in [0.25, 0.3) is 0 Å². The van der Waals surface area contributed by atoms with Crippen LogP contribution in [0, 0.1) is 0 Å². The molecule has 2 rings (SSSR count). The summed E-state index contributed by atoms with van der Waals surface area (Å²) in [7, 11) is 0. The predicted octanol–water partition coefficient (Wildman–Crippen LogP) is 5.54. The number of phenols is 2. The summed E-state index contributed by atoms with van der Waals surface area (Å²) in [6.45, 7) is 6.48. The van der Waals surface area contributed by atoms with Gasteiger partial charge in [-0.1, -0.05) is 31.4 Å². The Morgan fingerprint density at radius 1 is 1.26 bits per heavy atom. The Hall–Kier alpha value is -2.17. The Morgan fingerprint density at radius 2 is 2.00 bits per heavy atom. The number of carboxylic acid groups (broad SMARTS) is 1. The molecule has 27 heavy (non-hydrogen) atoms. The van der Waals surface area contributed by atoms with Crippen molar-refractivity contribution < 1.29 is 20.1 Å². The summed E-state index contributed by atoms with van der Waals surface area (Å²) >= 11 is 0. The Balaban J connectivity index is 2.48. The van der Waals surface area contributed by atoms with Crippen molar-refractivity contribution in [3.63, 3.8) is 0 Å². The smallest absolute Gasteiger partial charge is 0.407 e. The van der Waals surface area contributed by atoms with E-state index in [2.05, 4.69) is 19.9 Å². The van der Waals surface area contributed by atoms with E-state index in [-0.39, 0.29) is 24.0 Å². The molecule has 1 aromatic carbocycles. The monoisotopic (exact) mass is 375 g/mol. The van der Waals surface area contributed by atoms with Gasteiger partial charge in [0.2, 0.25) is 0 Å². The molecule has 3 N–H and O–H groups in total. The van der Waals surface area contributed by atoms with E-state index in [1.807, 2.05) is 0 Å². The molecule has 0 aromatic heterocycles. The molecule has 1 aromatic rings. The number of hydrogen-bond acceptors (Lipinski definition) is 3. The summed E-state index contributed by atoms with van der Waals surface area (Å²) in [6.07, 6.45) is 7.87. The number of phenolic OH excluding ortho intramolecular Hbond substituents is 2. The van der Waals surface area contributed by atoms with Crippen molar-refractivity contribution in [3.8, 4) is 11.5 Å². The number of nitrogens with zero attached hydrogens (tertiary/aromatic N) is 1. The Labute approximate surface area is 162 Å². The number of amides is 1. The highest BCUT2D eigenvalue weighted by Gasteiger charge is 2.26. The molecule has 1 aliphatic rings. The van der Waals surface area contributed by atoms with Crippen LogP contribution in [-0.2, 0) is 13.0 Å². The van der Waals surface area contributed by atoms with E-state index in [0.29, 0.717) is 17.7 Å². The first-order valence-corrected chi connectivity index (χ1v) is 10.1. The number of aromatic hydroxyl groups is 2. The molecule has 1 atom stereocenters. The standard InChI is InChI=1S/C22H33NO4/c1-4-6-7-10-16-13-19(24)20(17-11-8-9-15(3)12-17)21(25)18(16)14-23(5-2)22(26)27/h12-13,17,24-25H,4-11,14H2,1-3H3,(H,26,27). The van der Waals surface area contributed by atoms with Crippen LogP contribution < -0.4 is 0 Å². The van der Waals surface area contributed by atoms with Gasteiger partial charge in [0.05, 0.1) is 6.54 Å². The topological polar surface area (TPSA) is 81.0 Å². The molecular weight excluding hydrogens is 342 g/mol. The van der Waals surface area contributed by atoms with Crippen molar-refractivity contribution in [1.82, 2.24) is 4.90 Å². The Bertz CT molecular complexity index is 696. The third-order valence-electron chi connectivity index (χ3n) is 5.51. The van der Waals surface area contributed by atoms with Crippen molar-refractivity contribution in [1.29, 1.82) is 0 Å². The van der Waals surface area contributed by atoms with E-state index < -0.39 is 6.09 Å². The van der Waals surface area contributed by atoms with Gasteiger partial charge in [-0.15, -0.1) is 0 Å². The first-order valence-electron chi connectivity index (χ1n) is 10.1. The molecule has 0 saturated carbocycles. The van der Waals surface area contributed by atoms with Crippen LogP contribution in [0.25, 0.3) is 0 Å². The third kappa shape index (κ3) is 5.18. The lowest BCUT2D eigenvalue weighted by atomic mass is 9.83. The molecule has 0 saturated heterocycles. The molecule has 0 spiro atoms. The minimum atomic E-state index is -1.00. The molecule has 1 unspecified atom stereocenters. The van der Waals surface area contributed by atoms with Crippen LogP contribution in [0.1, 0.15) is 81.9 Å². The fraction of sp³-hybridized carbons (Fsp3) is 0.591. The van der Waals surface area contributed by atoms with Gasteiger partial charge in [-0.05, 0) is 57.6 Å². The van der Waals surface area contributed by atoms with Gasteiger partial charge < -0.3 is 20.2 Å². The molecule has 5 heteroatoms. The van der Waals surface area contributed by atoms with Gasteiger partial charge in [-0.3, -0.25) is 0 Å². The van der Waals surface area contributed by atoms with E-state index >= 15 is 0 Å². The summed E-state index contributed by atoms with van der Waals surface area (Å²) in [6, 6.07) is 1.74. The lowest BCUT2D eigenvalue weighted by molar-refractivity contribution is 0.144. The van der Waals surface area contributed by atoms with Gasteiger partial charge in [0, 0.05) is 23.6 Å². The van der Waals surface area contributed by atoms with Crippen molar-refractivity contribution in [3.05, 3.63) is 34.4 Å². The second-order valence-electron chi connectivity index (χ2n) is 7.56. The van der Waals surface area contributed by atoms with Crippen LogP contribution in [0.15, 0.2) is 17.7 Å². The zero-order valence-electron chi connectivity index (χ0n) is 16.8. The van der Waals surface area contributed by atoms with Gasteiger partial charge in [0.15, 0.2) is 0 Å². The zero-order valence-corrected chi connectivity index (χ0v) is 16.8. The summed E-state index contributed by atoms with van der Waals surface area (Å²) in [5.74, 6) is 0.163. The SMILES string of the molecule is CCCCCc1cc(O)c(C2C=C(C)CCC2)c(O)c1CN(CC)C(=O)O. The average Bonchev–Trinajstić information content (AvgIpc) is 2.61. The summed E-state index contributed by atoms with van der Waals surface area (Å²) in [5.41, 5.74) is 3.29. The van der Waals surface area contributed by atoms with Crippen molar-refractivity contribution >= 4 is 6.09 Å². The van der Waals surface area contributed by atoms with Crippen molar-refractivity contribution in [2.45, 2.75) is 78.2 Å². The zero-order chi connectivity index (χ0) is 20.0. The van der Waals surface area contributed by atoms with Gasteiger partial charge in [-0.2, -0.15) is 0 Å². The normalized spacial score (nSPS) is 16.9. The van der Waals surface area contributed by atoms with Crippen molar-refractivity contribution in [2.24, 2.45) is 0 Å². The third-order valence-corrected chi connectivity index (χ3v) is 5.51. The highest BCUT2D eigenvalue weighted by molar-refractivity contribution is 5.66. The fourth-order valence-corrected chi connectivity index (χ4v) is 3.94. The lowest BCUT2D eigenvalue weighted by Gasteiger charge is -2.26. The second kappa shape index (κ2) is 9.67. The van der Waals surface area contributed by atoms with Crippen LogP contribution in [0.4, 0.5) is 4.79 Å². The molecular formula is C22H33NO4. The number of benzene rings is 1. The first kappa shape index (κ1) is 21.1. The summed E-state index contributed by atoms with van der Waals surface area (Å²) in [4.78, 5) is 12.8. The van der Waals surface area contributed by atoms with E-state index in [9.17, 15) is 20.1 Å². The minimum absolute atomic E-state index is 0.0258. The second-order valence-corrected chi connectivity index (χ2v) is 7.56. The number of rotatable bonds is 8. The van der Waals surface area contributed by atoms with Crippen LogP contribution in [-0.4, -0.2) is 32.9 Å². The van der Waals surface area contributed by atoms with Crippen LogP contribution >= 0.6 is 0 Å². The van der Waals surface area contributed by atoms with Crippen molar-refractivity contribution in [2.75, 3.05) is 6.54 Å². The molecule has 0 heterocycles. The molecule has 0 bridgehead atoms. The van der Waals surface area contributed by atoms with Crippen LogP contribution in [0.5, 0.6) is 11.5 Å². The van der Waals surface area contributed by atoms with Gasteiger partial charge in [-0.25, -0.2) is 4.79 Å². The number of hydrogen-bond donors (Lipinski definition) is 3. The summed E-state index contributed by atoms with van der Waals surface area (Å²) in [5, 5.41) is 31.2. The molecule has 1 aliphatic carbocycles. The quantitative estimate of drug-likeness (QED) is 0.411. The maximum absolute atomic E-state index is 11.5. The predicted molar refractivity (Wildman–Crippen MR) is 107 cm³/mol. The molecule has 5 nitrogen and oxygen atoms in total. The molecule has 0 radical (unpaired) electrons. The molecule has 1 amide bonds. The number of carbonyl (C=O) groups is 1. The Morgan fingerprint density at radius 3 is 2.59 bits per heavy atom. The van der Waals surface area contributed by atoms with E-state index in [1.54, 1.807) is 13.0 Å². The largest absolute Gasteiger partial charge is 0.507 e. The molecule has 0 aliphatic heterocycles. The van der Waals surface area contributed by atoms with Gasteiger partial charge >= 0.3 is 6.09 Å². The van der Waals surface area contributed by atoms with E-state index in [1.165, 1.54) is 10.5 Å². The highest BCUT2D eigenvalue weighted by Crippen LogP contribution is 2.44. The van der Waals surface area contributed by atoms with Gasteiger partial charge in [0.1, 0.15) is 11.5 Å². The number of aryl methyl sites for hydroxylation is 1. The van der Waals surface area contributed by atoms with E-state index in [4.69, 9.17) is 0 Å². The molecule has 0 fully saturated rings. The fourth-order valence-electron chi connectivity index (χ4n) is 3.94. The highest BCUT2D eigenvalue weighted by atomic mass is 16.4. The number of unbranched alkanes of at least 4 members (excludes halogenated alkanes) is 2. The van der Waals surface area contributed by atoms with E-state index in [0.717, 1.165) is 50.5 Å². The van der Waals surface area contributed by atoms with Crippen LogP contribution in [0.2, 0.25) is 0 Å².